The Balaban J connectivity index is 1.25. The van der Waals surface area contributed by atoms with E-state index in [-0.39, 0.29) is 5.91 Å². The molecule has 6 heteroatoms. The van der Waals surface area contributed by atoms with Gasteiger partial charge in [0.05, 0.1) is 18.3 Å². The molecule has 4 rings (SSSR count). The van der Waals surface area contributed by atoms with E-state index in [1.807, 2.05) is 46.7 Å². The minimum Gasteiger partial charge on any atom is -0.497 e. The number of amides is 1. The molecule has 0 unspecified atom stereocenters. The molecular formula is C25H28N2O3S. The average Bonchev–Trinajstić information content (AvgIpc) is 3.36. The van der Waals surface area contributed by atoms with E-state index >= 15 is 0 Å². The van der Waals surface area contributed by atoms with E-state index in [2.05, 4.69) is 17.1 Å². The maximum atomic E-state index is 13.0. The van der Waals surface area contributed by atoms with Gasteiger partial charge in [-0.25, -0.2) is 4.98 Å². The number of likely N-dealkylation sites (tertiary alicyclic amines) is 1. The molecule has 2 aromatic carbocycles. The zero-order valence-electron chi connectivity index (χ0n) is 17.8. The van der Waals surface area contributed by atoms with E-state index in [0.717, 1.165) is 50.2 Å². The van der Waals surface area contributed by atoms with Gasteiger partial charge in [-0.05, 0) is 67.5 Å². The van der Waals surface area contributed by atoms with Crippen molar-refractivity contribution in [2.45, 2.75) is 32.3 Å². The Hall–Kier alpha value is -2.86. The summed E-state index contributed by atoms with van der Waals surface area (Å²) in [7, 11) is 1.69. The number of ether oxygens (including phenoxy) is 2. The third-order valence-corrected chi connectivity index (χ3v) is 6.49. The van der Waals surface area contributed by atoms with Gasteiger partial charge < -0.3 is 14.4 Å². The predicted molar refractivity (Wildman–Crippen MR) is 123 cm³/mol. The fourth-order valence-electron chi connectivity index (χ4n) is 3.96. The lowest BCUT2D eigenvalue weighted by Gasteiger charge is -2.32. The second-order valence-electron chi connectivity index (χ2n) is 7.92. The predicted octanol–water partition coefficient (Wildman–Crippen LogP) is 5.22. The lowest BCUT2D eigenvalue weighted by atomic mass is 9.90. The molecule has 1 fully saturated rings. The van der Waals surface area contributed by atoms with Crippen LogP contribution in [0.15, 0.2) is 59.4 Å². The molecule has 1 aliphatic rings. The molecule has 5 nitrogen and oxygen atoms in total. The Morgan fingerprint density at radius 3 is 2.65 bits per heavy atom. The summed E-state index contributed by atoms with van der Waals surface area (Å²) in [5.74, 6) is 2.35. The number of carbonyl (C=O) groups is 1. The monoisotopic (exact) mass is 436 g/mol. The molecule has 1 aromatic heterocycles. The molecule has 0 bridgehead atoms. The number of rotatable bonds is 8. The van der Waals surface area contributed by atoms with Crippen molar-refractivity contribution < 1.29 is 14.3 Å². The van der Waals surface area contributed by atoms with Crippen LogP contribution in [0.2, 0.25) is 0 Å². The highest BCUT2D eigenvalue weighted by Gasteiger charge is 2.23. The summed E-state index contributed by atoms with van der Waals surface area (Å²) in [6.45, 7) is 2.05. The highest BCUT2D eigenvalue weighted by molar-refractivity contribution is 7.07. The van der Waals surface area contributed by atoms with Gasteiger partial charge in [-0.1, -0.05) is 18.2 Å². The smallest absolute Gasteiger partial charge is 0.253 e. The average molecular weight is 437 g/mol. The van der Waals surface area contributed by atoms with E-state index in [4.69, 9.17) is 9.47 Å². The van der Waals surface area contributed by atoms with Crippen LogP contribution < -0.4 is 9.47 Å². The normalized spacial score (nSPS) is 14.4. The van der Waals surface area contributed by atoms with Crippen LogP contribution in [0.1, 0.15) is 40.9 Å². The van der Waals surface area contributed by atoms with Gasteiger partial charge in [-0.3, -0.25) is 4.79 Å². The number of methoxy groups -OCH3 is 1. The van der Waals surface area contributed by atoms with Crippen molar-refractivity contribution in [3.05, 3.63) is 76.2 Å². The summed E-state index contributed by atoms with van der Waals surface area (Å²) in [4.78, 5) is 19.2. The molecule has 2 heterocycles. The van der Waals surface area contributed by atoms with Crippen molar-refractivity contribution in [1.82, 2.24) is 9.88 Å². The Morgan fingerprint density at radius 2 is 1.94 bits per heavy atom. The quantitative estimate of drug-likeness (QED) is 0.486. The van der Waals surface area contributed by atoms with E-state index in [0.29, 0.717) is 23.8 Å². The molecule has 1 aliphatic heterocycles. The molecule has 0 radical (unpaired) electrons. The summed E-state index contributed by atoms with van der Waals surface area (Å²) < 4.78 is 11.0. The number of hydrogen-bond donors (Lipinski definition) is 0. The van der Waals surface area contributed by atoms with Crippen LogP contribution in [0.4, 0.5) is 0 Å². The van der Waals surface area contributed by atoms with E-state index < -0.39 is 0 Å². The number of hydrogen-bond acceptors (Lipinski definition) is 5. The molecule has 0 aliphatic carbocycles. The molecule has 0 spiro atoms. The van der Waals surface area contributed by atoms with Crippen LogP contribution in [0.3, 0.4) is 0 Å². The third kappa shape index (κ3) is 5.85. The molecule has 162 valence electrons. The zero-order valence-corrected chi connectivity index (χ0v) is 18.6. The Labute approximate surface area is 187 Å². The summed E-state index contributed by atoms with van der Waals surface area (Å²) >= 11 is 1.55. The summed E-state index contributed by atoms with van der Waals surface area (Å²) in [6, 6.07) is 15.8. The van der Waals surface area contributed by atoms with Gasteiger partial charge in [-0.2, -0.15) is 0 Å². The van der Waals surface area contributed by atoms with Crippen LogP contribution in [0, 0.1) is 5.92 Å². The number of benzene rings is 2. The van der Waals surface area contributed by atoms with Gasteiger partial charge in [0.2, 0.25) is 0 Å². The van der Waals surface area contributed by atoms with Crippen LogP contribution in [0.25, 0.3) is 0 Å². The lowest BCUT2D eigenvalue weighted by Crippen LogP contribution is -2.38. The molecule has 1 saturated heterocycles. The highest BCUT2D eigenvalue weighted by Crippen LogP contribution is 2.25. The topological polar surface area (TPSA) is 51.7 Å². The van der Waals surface area contributed by atoms with Crippen molar-refractivity contribution in [2.24, 2.45) is 5.92 Å². The Bertz CT molecular complexity index is 965. The van der Waals surface area contributed by atoms with Gasteiger partial charge >= 0.3 is 0 Å². The van der Waals surface area contributed by atoms with Crippen molar-refractivity contribution >= 4 is 17.2 Å². The van der Waals surface area contributed by atoms with Gasteiger partial charge in [0.15, 0.2) is 0 Å². The molecule has 3 aromatic rings. The largest absolute Gasteiger partial charge is 0.497 e. The maximum absolute atomic E-state index is 13.0. The molecule has 31 heavy (non-hydrogen) atoms. The van der Waals surface area contributed by atoms with Crippen molar-refractivity contribution in [1.29, 1.82) is 0 Å². The van der Waals surface area contributed by atoms with E-state index in [1.54, 1.807) is 24.0 Å². The molecule has 0 atom stereocenters. The minimum atomic E-state index is 0.0905. The minimum absolute atomic E-state index is 0.0905. The van der Waals surface area contributed by atoms with Crippen molar-refractivity contribution in [2.75, 3.05) is 20.2 Å². The summed E-state index contributed by atoms with van der Waals surface area (Å²) in [5.41, 5.74) is 4.72. The van der Waals surface area contributed by atoms with Crippen molar-refractivity contribution in [3.8, 4) is 11.5 Å². The van der Waals surface area contributed by atoms with Gasteiger partial charge in [0.25, 0.3) is 5.91 Å². The highest BCUT2D eigenvalue weighted by atomic mass is 32.1. The van der Waals surface area contributed by atoms with Crippen molar-refractivity contribution in [3.63, 3.8) is 0 Å². The first-order chi connectivity index (χ1) is 15.2. The lowest BCUT2D eigenvalue weighted by molar-refractivity contribution is 0.0686. The summed E-state index contributed by atoms with van der Waals surface area (Å²) in [6.07, 6.45) is 4.35. The fourth-order valence-corrected chi connectivity index (χ4v) is 4.50. The molecular weight excluding hydrogens is 408 g/mol. The maximum Gasteiger partial charge on any atom is 0.253 e. The van der Waals surface area contributed by atoms with Crippen LogP contribution in [0.5, 0.6) is 11.5 Å². The van der Waals surface area contributed by atoms with Crippen LogP contribution in [-0.2, 0) is 13.0 Å². The number of thiazole rings is 1. The number of aryl methyl sites for hydroxylation is 1. The van der Waals surface area contributed by atoms with Gasteiger partial charge in [-0.15, -0.1) is 11.3 Å². The molecule has 0 N–H and O–H groups in total. The first-order valence-corrected chi connectivity index (χ1v) is 11.7. The Kier molecular flexibility index (Phi) is 7.20. The number of carbonyl (C=O) groups excluding carboxylic acids is 1. The van der Waals surface area contributed by atoms with Crippen LogP contribution in [-0.4, -0.2) is 36.0 Å². The second-order valence-corrected chi connectivity index (χ2v) is 8.64. The summed E-state index contributed by atoms with van der Waals surface area (Å²) in [5, 5.41) is 1.97. The number of piperidine rings is 1. The van der Waals surface area contributed by atoms with Gasteiger partial charge in [0.1, 0.15) is 18.1 Å². The zero-order chi connectivity index (χ0) is 21.5. The van der Waals surface area contributed by atoms with E-state index in [9.17, 15) is 4.79 Å². The number of nitrogens with zero attached hydrogens (tertiary/aromatic N) is 2. The molecule has 0 saturated carbocycles. The standard InChI is InChI=1S/C25H28N2O3S/c1-29-23-9-7-19(8-10-23)5-6-20-11-13-27(14-12-20)25(28)21-3-2-4-24(15-21)30-16-22-17-31-18-26-22/h2-4,7-10,15,17-18,20H,5-6,11-14,16H2,1H3. The molecule has 1 amide bonds. The third-order valence-electron chi connectivity index (χ3n) is 5.85. The SMILES string of the molecule is COc1ccc(CCC2CCN(C(=O)c3cccc(OCc4cscn4)c3)CC2)cc1. The second kappa shape index (κ2) is 10.4. The number of aromatic nitrogens is 1. The fraction of sp³-hybridized carbons (Fsp3) is 0.360. The first kappa shape index (κ1) is 21.4. The Morgan fingerprint density at radius 1 is 1.13 bits per heavy atom. The van der Waals surface area contributed by atoms with E-state index in [1.165, 1.54) is 5.56 Å². The van der Waals surface area contributed by atoms with Gasteiger partial charge in [0, 0.05) is 24.0 Å². The van der Waals surface area contributed by atoms with Crippen LogP contribution >= 0.6 is 11.3 Å². The first-order valence-electron chi connectivity index (χ1n) is 10.7.